The van der Waals surface area contributed by atoms with Crippen LogP contribution >= 0.6 is 23.4 Å². The predicted molar refractivity (Wildman–Crippen MR) is 87.3 cm³/mol. The molecule has 0 spiro atoms. The predicted octanol–water partition coefficient (Wildman–Crippen LogP) is 4.15. The van der Waals surface area contributed by atoms with E-state index in [1.165, 1.54) is 0 Å². The number of halogens is 1. The Kier molecular flexibility index (Phi) is 4.68. The van der Waals surface area contributed by atoms with Crippen LogP contribution in [0.5, 0.6) is 5.75 Å². The molecule has 0 bridgehead atoms. The van der Waals surface area contributed by atoms with Gasteiger partial charge in [-0.2, -0.15) is 0 Å². The highest BCUT2D eigenvalue weighted by Crippen LogP contribution is 2.42. The molecule has 0 amide bonds. The van der Waals surface area contributed by atoms with Gasteiger partial charge in [0.05, 0.1) is 22.7 Å². The minimum atomic E-state index is 0.677. The lowest BCUT2D eigenvalue weighted by Gasteiger charge is -2.18. The summed E-state index contributed by atoms with van der Waals surface area (Å²) < 4.78 is 5.15. The second-order valence-electron chi connectivity index (χ2n) is 4.49. The molecule has 0 aromatic heterocycles. The number of hydrogen-bond donors (Lipinski definition) is 1. The van der Waals surface area contributed by atoms with Gasteiger partial charge in [-0.15, -0.1) is 0 Å². The van der Waals surface area contributed by atoms with Crippen molar-refractivity contribution in [2.45, 2.75) is 9.79 Å². The van der Waals surface area contributed by atoms with Crippen LogP contribution in [0.25, 0.3) is 0 Å². The van der Waals surface area contributed by atoms with Crippen LogP contribution in [-0.4, -0.2) is 21.2 Å². The second kappa shape index (κ2) is 6.29. The SMILES string of the molecule is COc1ccc(Sc2c(N)ccc(N(C)C)c2Cl)cc1. The van der Waals surface area contributed by atoms with E-state index >= 15 is 0 Å². The number of nitrogens with two attached hydrogens (primary N) is 1. The van der Waals surface area contributed by atoms with Gasteiger partial charge in [0.25, 0.3) is 0 Å². The topological polar surface area (TPSA) is 38.5 Å². The maximum atomic E-state index is 6.45. The van der Waals surface area contributed by atoms with Crippen molar-refractivity contribution in [3.05, 3.63) is 41.4 Å². The maximum Gasteiger partial charge on any atom is 0.118 e. The van der Waals surface area contributed by atoms with Crippen LogP contribution < -0.4 is 15.4 Å². The van der Waals surface area contributed by atoms with Crippen molar-refractivity contribution in [1.82, 2.24) is 0 Å². The third kappa shape index (κ3) is 3.14. The average Bonchev–Trinajstić information content (AvgIpc) is 2.43. The lowest BCUT2D eigenvalue weighted by atomic mass is 10.2. The number of benzene rings is 2. The van der Waals surface area contributed by atoms with Crippen LogP contribution in [0.15, 0.2) is 46.2 Å². The van der Waals surface area contributed by atoms with Crippen molar-refractivity contribution in [3.63, 3.8) is 0 Å². The molecule has 3 nitrogen and oxygen atoms in total. The third-order valence-corrected chi connectivity index (χ3v) is 4.51. The van der Waals surface area contributed by atoms with Crippen LogP contribution in [0.1, 0.15) is 0 Å². The van der Waals surface area contributed by atoms with Crippen LogP contribution in [0.2, 0.25) is 5.02 Å². The van der Waals surface area contributed by atoms with E-state index in [-0.39, 0.29) is 0 Å². The summed E-state index contributed by atoms with van der Waals surface area (Å²) in [6, 6.07) is 11.6. The average molecular weight is 309 g/mol. The lowest BCUT2D eigenvalue weighted by molar-refractivity contribution is 0.414. The smallest absolute Gasteiger partial charge is 0.118 e. The van der Waals surface area contributed by atoms with Crippen molar-refractivity contribution < 1.29 is 4.74 Å². The van der Waals surface area contributed by atoms with Gasteiger partial charge in [0.2, 0.25) is 0 Å². The number of methoxy groups -OCH3 is 1. The molecule has 5 heteroatoms. The summed E-state index contributed by atoms with van der Waals surface area (Å²) >= 11 is 8.00. The fourth-order valence-corrected chi connectivity index (χ4v) is 3.12. The zero-order valence-corrected chi connectivity index (χ0v) is 13.3. The van der Waals surface area contributed by atoms with Gasteiger partial charge in [-0.3, -0.25) is 0 Å². The minimum Gasteiger partial charge on any atom is -0.497 e. The van der Waals surface area contributed by atoms with Crippen LogP contribution in [-0.2, 0) is 0 Å². The molecule has 0 radical (unpaired) electrons. The van der Waals surface area contributed by atoms with E-state index in [2.05, 4.69) is 0 Å². The lowest BCUT2D eigenvalue weighted by Crippen LogP contribution is -2.09. The van der Waals surface area contributed by atoms with Crippen LogP contribution in [0, 0.1) is 0 Å². The molecule has 2 aromatic rings. The summed E-state index contributed by atoms with van der Waals surface area (Å²) in [5, 5.41) is 0.677. The number of ether oxygens (including phenoxy) is 1. The Labute approximate surface area is 128 Å². The van der Waals surface area contributed by atoms with Gasteiger partial charge in [0, 0.05) is 24.7 Å². The highest BCUT2D eigenvalue weighted by molar-refractivity contribution is 7.99. The number of hydrogen-bond acceptors (Lipinski definition) is 4. The quantitative estimate of drug-likeness (QED) is 0.861. The number of rotatable bonds is 4. The first-order chi connectivity index (χ1) is 9.52. The van der Waals surface area contributed by atoms with E-state index in [9.17, 15) is 0 Å². The molecular formula is C15H17ClN2OS. The first-order valence-corrected chi connectivity index (χ1v) is 7.29. The third-order valence-electron chi connectivity index (χ3n) is 2.87. The molecule has 0 saturated heterocycles. The first-order valence-electron chi connectivity index (χ1n) is 6.10. The summed E-state index contributed by atoms with van der Waals surface area (Å²) in [6.07, 6.45) is 0. The summed E-state index contributed by atoms with van der Waals surface area (Å²) in [5.74, 6) is 0.829. The van der Waals surface area contributed by atoms with E-state index in [4.69, 9.17) is 22.1 Å². The molecule has 0 aliphatic carbocycles. The standard InChI is InChI=1S/C15H17ClN2OS/c1-18(2)13-9-8-12(17)15(14(13)16)20-11-6-4-10(19-3)5-7-11/h4-9H,17H2,1-3H3. The minimum absolute atomic E-state index is 0.677. The van der Waals surface area contributed by atoms with Crippen molar-refractivity contribution >= 4 is 34.7 Å². The van der Waals surface area contributed by atoms with Crippen LogP contribution in [0.4, 0.5) is 11.4 Å². The summed E-state index contributed by atoms with van der Waals surface area (Å²) in [5.41, 5.74) is 7.68. The number of nitrogen functional groups attached to an aromatic ring is 1. The molecule has 0 unspecified atom stereocenters. The van der Waals surface area contributed by atoms with Crippen molar-refractivity contribution in [3.8, 4) is 5.75 Å². The largest absolute Gasteiger partial charge is 0.497 e. The van der Waals surface area contributed by atoms with Gasteiger partial charge in [-0.25, -0.2) is 0 Å². The maximum absolute atomic E-state index is 6.45. The highest BCUT2D eigenvalue weighted by Gasteiger charge is 2.13. The number of nitrogens with zero attached hydrogens (tertiary/aromatic N) is 1. The van der Waals surface area contributed by atoms with E-state index < -0.39 is 0 Å². The summed E-state index contributed by atoms with van der Waals surface area (Å²) in [6.45, 7) is 0. The summed E-state index contributed by atoms with van der Waals surface area (Å²) in [7, 11) is 5.57. The first kappa shape index (κ1) is 14.9. The molecule has 2 rings (SSSR count). The Morgan fingerprint density at radius 1 is 1.10 bits per heavy atom. The van der Waals surface area contributed by atoms with Gasteiger partial charge in [0.1, 0.15) is 5.75 Å². The van der Waals surface area contributed by atoms with E-state index in [1.54, 1.807) is 18.9 Å². The molecule has 0 heterocycles. The Bertz CT molecular complexity index is 600. The Morgan fingerprint density at radius 3 is 2.30 bits per heavy atom. The molecule has 106 valence electrons. The molecule has 20 heavy (non-hydrogen) atoms. The molecule has 0 fully saturated rings. The fourth-order valence-electron chi connectivity index (χ4n) is 1.77. The fraction of sp³-hybridized carbons (Fsp3) is 0.200. The van der Waals surface area contributed by atoms with Gasteiger partial charge in [0.15, 0.2) is 0 Å². The second-order valence-corrected chi connectivity index (χ2v) is 5.95. The molecule has 2 N–H and O–H groups in total. The van der Waals surface area contributed by atoms with Crippen molar-refractivity contribution in [1.29, 1.82) is 0 Å². The van der Waals surface area contributed by atoms with Crippen molar-refractivity contribution in [2.24, 2.45) is 0 Å². The monoisotopic (exact) mass is 308 g/mol. The summed E-state index contributed by atoms with van der Waals surface area (Å²) in [4.78, 5) is 3.91. The zero-order valence-electron chi connectivity index (χ0n) is 11.7. The Hall–Kier alpha value is -1.52. The van der Waals surface area contributed by atoms with Gasteiger partial charge in [-0.05, 0) is 36.4 Å². The Morgan fingerprint density at radius 2 is 1.75 bits per heavy atom. The van der Waals surface area contributed by atoms with E-state index in [0.717, 1.165) is 21.2 Å². The zero-order chi connectivity index (χ0) is 14.7. The molecule has 0 aliphatic heterocycles. The van der Waals surface area contributed by atoms with Gasteiger partial charge in [-0.1, -0.05) is 23.4 Å². The highest BCUT2D eigenvalue weighted by atomic mass is 35.5. The van der Waals surface area contributed by atoms with Gasteiger partial charge >= 0.3 is 0 Å². The Balaban J connectivity index is 2.34. The molecule has 2 aromatic carbocycles. The molecule has 0 saturated carbocycles. The van der Waals surface area contributed by atoms with E-state index in [1.807, 2.05) is 55.4 Å². The van der Waals surface area contributed by atoms with Crippen molar-refractivity contribution in [2.75, 3.05) is 31.8 Å². The van der Waals surface area contributed by atoms with Gasteiger partial charge < -0.3 is 15.4 Å². The molecule has 0 aliphatic rings. The molecular weight excluding hydrogens is 292 g/mol. The van der Waals surface area contributed by atoms with Crippen LogP contribution in [0.3, 0.4) is 0 Å². The molecule has 0 atom stereocenters. The normalized spacial score (nSPS) is 10.4. The van der Waals surface area contributed by atoms with E-state index in [0.29, 0.717) is 10.7 Å². The number of anilines is 2.